The molecule has 0 aromatic carbocycles. The molecule has 0 spiro atoms. The molecule has 13 heavy (non-hydrogen) atoms. The number of halogens is 1. The van der Waals surface area contributed by atoms with Gasteiger partial charge in [-0.05, 0) is 42.7 Å². The molecule has 1 aliphatic carbocycles. The Kier molecular flexibility index (Phi) is 4.24. The Bertz CT molecular complexity index is 179. The van der Waals surface area contributed by atoms with Crippen LogP contribution in [-0.2, 0) is 4.79 Å². The zero-order valence-electron chi connectivity index (χ0n) is 8.55. The summed E-state index contributed by atoms with van der Waals surface area (Å²) < 4.78 is 0. The summed E-state index contributed by atoms with van der Waals surface area (Å²) in [5, 5.41) is -0.123. The lowest BCUT2D eigenvalue weighted by Crippen LogP contribution is -2.26. The Balaban J connectivity index is 2.42. The van der Waals surface area contributed by atoms with Gasteiger partial charge in [0.2, 0.25) is 5.24 Å². The molecule has 0 aliphatic heterocycles. The van der Waals surface area contributed by atoms with Crippen LogP contribution in [-0.4, -0.2) is 5.24 Å². The molecule has 0 aromatic heterocycles. The maximum Gasteiger partial charge on any atom is 0.224 e. The second-order valence-electron chi connectivity index (χ2n) is 4.36. The van der Waals surface area contributed by atoms with Crippen LogP contribution < -0.4 is 0 Å². The van der Waals surface area contributed by atoms with Crippen LogP contribution in [0.3, 0.4) is 0 Å². The smallest absolute Gasteiger partial charge is 0.224 e. The lowest BCUT2D eigenvalue weighted by atomic mass is 9.74. The Morgan fingerprint density at radius 1 is 1.46 bits per heavy atom. The predicted molar refractivity (Wildman–Crippen MR) is 55.8 cm³/mol. The van der Waals surface area contributed by atoms with Crippen molar-refractivity contribution in [2.45, 2.75) is 46.0 Å². The SMILES string of the molecule is CCC[C@H]1CC[C@H](C(=O)Cl)[C@H](C)C1. The van der Waals surface area contributed by atoms with Crippen molar-refractivity contribution < 1.29 is 4.79 Å². The molecule has 0 unspecified atom stereocenters. The van der Waals surface area contributed by atoms with Gasteiger partial charge >= 0.3 is 0 Å². The summed E-state index contributed by atoms with van der Waals surface area (Å²) in [6, 6.07) is 0. The van der Waals surface area contributed by atoms with Crippen molar-refractivity contribution in [3.05, 3.63) is 0 Å². The minimum Gasteiger partial charge on any atom is -0.281 e. The van der Waals surface area contributed by atoms with Crippen molar-refractivity contribution >= 4 is 16.8 Å². The molecule has 2 heteroatoms. The molecule has 0 radical (unpaired) electrons. The van der Waals surface area contributed by atoms with Crippen molar-refractivity contribution in [1.82, 2.24) is 0 Å². The van der Waals surface area contributed by atoms with Gasteiger partial charge in [-0.3, -0.25) is 4.79 Å². The van der Waals surface area contributed by atoms with E-state index in [0.29, 0.717) is 5.92 Å². The van der Waals surface area contributed by atoms with Crippen LogP contribution >= 0.6 is 11.6 Å². The fraction of sp³-hybridized carbons (Fsp3) is 0.909. The standard InChI is InChI=1S/C11H19ClO/c1-3-4-9-5-6-10(11(12)13)8(2)7-9/h8-10H,3-7H2,1-2H3/t8-,9+,10+/m1/s1. The topological polar surface area (TPSA) is 17.1 Å². The zero-order chi connectivity index (χ0) is 9.84. The van der Waals surface area contributed by atoms with Crippen molar-refractivity contribution in [1.29, 1.82) is 0 Å². The molecule has 0 saturated heterocycles. The number of carbonyl (C=O) groups excluding carboxylic acids is 1. The van der Waals surface area contributed by atoms with Gasteiger partial charge in [0, 0.05) is 5.92 Å². The summed E-state index contributed by atoms with van der Waals surface area (Å²) in [6.07, 6.45) is 5.97. The van der Waals surface area contributed by atoms with Gasteiger partial charge in [-0.15, -0.1) is 0 Å². The molecule has 3 atom stereocenters. The van der Waals surface area contributed by atoms with Crippen LogP contribution in [0, 0.1) is 17.8 Å². The van der Waals surface area contributed by atoms with Crippen LogP contribution in [0.4, 0.5) is 0 Å². The largest absolute Gasteiger partial charge is 0.281 e. The first kappa shape index (κ1) is 11.0. The van der Waals surface area contributed by atoms with Crippen molar-refractivity contribution in [3.63, 3.8) is 0 Å². The third-order valence-corrected chi connectivity index (χ3v) is 3.55. The van der Waals surface area contributed by atoms with E-state index in [4.69, 9.17) is 11.6 Å². The number of hydrogen-bond acceptors (Lipinski definition) is 1. The van der Waals surface area contributed by atoms with Crippen LogP contribution in [0.1, 0.15) is 46.0 Å². The third-order valence-electron chi connectivity index (χ3n) is 3.27. The van der Waals surface area contributed by atoms with Crippen LogP contribution in [0.25, 0.3) is 0 Å². The molecule has 1 nitrogen and oxygen atoms in total. The molecule has 1 fully saturated rings. The van der Waals surface area contributed by atoms with Gasteiger partial charge in [-0.2, -0.15) is 0 Å². The van der Waals surface area contributed by atoms with Crippen molar-refractivity contribution in [3.8, 4) is 0 Å². The second-order valence-corrected chi connectivity index (χ2v) is 4.73. The van der Waals surface area contributed by atoms with Gasteiger partial charge < -0.3 is 0 Å². The maximum atomic E-state index is 11.0. The molecule has 0 heterocycles. The Morgan fingerprint density at radius 3 is 2.62 bits per heavy atom. The second kappa shape index (κ2) is 4.99. The predicted octanol–water partition coefficient (Wildman–Crippen LogP) is 3.60. The number of carbonyl (C=O) groups is 1. The summed E-state index contributed by atoms with van der Waals surface area (Å²) in [5.74, 6) is 1.47. The van der Waals surface area contributed by atoms with Gasteiger partial charge in [0.25, 0.3) is 0 Å². The van der Waals surface area contributed by atoms with Gasteiger partial charge in [-0.1, -0.05) is 26.7 Å². The van der Waals surface area contributed by atoms with Crippen molar-refractivity contribution in [2.24, 2.45) is 17.8 Å². The summed E-state index contributed by atoms with van der Waals surface area (Å²) in [7, 11) is 0. The van der Waals surface area contributed by atoms with Gasteiger partial charge in [0.1, 0.15) is 0 Å². The number of hydrogen-bond donors (Lipinski definition) is 0. The normalized spacial score (nSPS) is 34.5. The van der Waals surface area contributed by atoms with E-state index in [1.807, 2.05) is 0 Å². The molecule has 1 saturated carbocycles. The van der Waals surface area contributed by atoms with E-state index in [-0.39, 0.29) is 11.2 Å². The van der Waals surface area contributed by atoms with E-state index in [9.17, 15) is 4.79 Å². The van der Waals surface area contributed by atoms with Crippen LogP contribution in [0.2, 0.25) is 0 Å². The summed E-state index contributed by atoms with van der Waals surface area (Å²) in [5.41, 5.74) is 0. The molecule has 0 aromatic rings. The average Bonchev–Trinajstić information content (AvgIpc) is 2.04. The lowest BCUT2D eigenvalue weighted by molar-refractivity contribution is -0.117. The Morgan fingerprint density at radius 2 is 2.15 bits per heavy atom. The lowest BCUT2D eigenvalue weighted by Gasteiger charge is -2.31. The van der Waals surface area contributed by atoms with E-state index in [2.05, 4.69) is 13.8 Å². The van der Waals surface area contributed by atoms with Crippen LogP contribution in [0.15, 0.2) is 0 Å². The van der Waals surface area contributed by atoms with Gasteiger partial charge in [0.15, 0.2) is 0 Å². The van der Waals surface area contributed by atoms with E-state index in [1.165, 1.54) is 25.7 Å². The van der Waals surface area contributed by atoms with E-state index in [1.54, 1.807) is 0 Å². The molecule has 1 aliphatic rings. The molecule has 1 rings (SSSR count). The molecule has 0 N–H and O–H groups in total. The highest BCUT2D eigenvalue weighted by atomic mass is 35.5. The van der Waals surface area contributed by atoms with E-state index in [0.717, 1.165) is 12.3 Å². The maximum absolute atomic E-state index is 11.0. The monoisotopic (exact) mass is 202 g/mol. The highest BCUT2D eigenvalue weighted by Crippen LogP contribution is 2.36. The van der Waals surface area contributed by atoms with Crippen LogP contribution in [0.5, 0.6) is 0 Å². The molecule has 0 bridgehead atoms. The fourth-order valence-electron chi connectivity index (χ4n) is 2.52. The van der Waals surface area contributed by atoms with Gasteiger partial charge in [0.05, 0.1) is 0 Å². The molecule has 0 amide bonds. The Labute approximate surface area is 85.8 Å². The van der Waals surface area contributed by atoms with E-state index >= 15 is 0 Å². The quantitative estimate of drug-likeness (QED) is 0.640. The summed E-state index contributed by atoms with van der Waals surface area (Å²) in [6.45, 7) is 4.39. The first-order valence-corrected chi connectivity index (χ1v) is 5.72. The molecular formula is C11H19ClO. The molecular weight excluding hydrogens is 184 g/mol. The minimum absolute atomic E-state index is 0.123. The summed E-state index contributed by atoms with van der Waals surface area (Å²) in [4.78, 5) is 11.0. The zero-order valence-corrected chi connectivity index (χ0v) is 9.31. The highest BCUT2D eigenvalue weighted by Gasteiger charge is 2.30. The number of rotatable bonds is 3. The van der Waals surface area contributed by atoms with Gasteiger partial charge in [-0.25, -0.2) is 0 Å². The first-order valence-electron chi connectivity index (χ1n) is 5.34. The average molecular weight is 203 g/mol. The minimum atomic E-state index is -0.123. The Hall–Kier alpha value is -0.0400. The fourth-order valence-corrected chi connectivity index (χ4v) is 2.84. The highest BCUT2D eigenvalue weighted by molar-refractivity contribution is 6.64. The summed E-state index contributed by atoms with van der Waals surface area (Å²) >= 11 is 5.54. The van der Waals surface area contributed by atoms with Crippen molar-refractivity contribution in [2.75, 3.05) is 0 Å². The third kappa shape index (κ3) is 2.98. The molecule has 76 valence electrons. The van der Waals surface area contributed by atoms with E-state index < -0.39 is 0 Å². The first-order chi connectivity index (χ1) is 6.15.